The van der Waals surface area contributed by atoms with Crippen molar-refractivity contribution in [2.45, 2.75) is 6.92 Å². The molecule has 0 bridgehead atoms. The predicted octanol–water partition coefficient (Wildman–Crippen LogP) is 4.55. The summed E-state index contributed by atoms with van der Waals surface area (Å²) in [5.41, 5.74) is 5.37. The third-order valence-electron chi connectivity index (χ3n) is 2.88. The van der Waals surface area contributed by atoms with Gasteiger partial charge in [0.25, 0.3) is 0 Å². The highest BCUT2D eigenvalue weighted by atomic mass is 35.5. The van der Waals surface area contributed by atoms with Crippen LogP contribution in [0.1, 0.15) is 6.92 Å². The quantitative estimate of drug-likeness (QED) is 0.649. The summed E-state index contributed by atoms with van der Waals surface area (Å²) >= 11 is 6.21. The average Bonchev–Trinajstić information content (AvgIpc) is 2.55. The summed E-state index contributed by atoms with van der Waals surface area (Å²) in [4.78, 5) is 0. The van der Waals surface area contributed by atoms with Crippen LogP contribution in [0.3, 0.4) is 0 Å². The van der Waals surface area contributed by atoms with Gasteiger partial charge in [-0.15, -0.1) is 0 Å². The number of fused-ring (bicyclic) bond motifs is 1. The maximum Gasteiger partial charge on any atom is 0.138 e. The molecule has 0 spiro atoms. The van der Waals surface area contributed by atoms with Gasteiger partial charge in [-0.25, -0.2) is 0 Å². The highest BCUT2D eigenvalue weighted by Gasteiger charge is 2.05. The van der Waals surface area contributed by atoms with Crippen LogP contribution in [-0.2, 0) is 4.74 Å². The van der Waals surface area contributed by atoms with E-state index in [0.29, 0.717) is 23.9 Å². The molecule has 0 saturated carbocycles. The largest absolute Gasteiger partial charge is 0.501 e. The van der Waals surface area contributed by atoms with Crippen molar-refractivity contribution in [3.8, 4) is 5.75 Å². The first kappa shape index (κ1) is 18.1. The van der Waals surface area contributed by atoms with Crippen molar-refractivity contribution in [2.75, 3.05) is 20.3 Å². The van der Waals surface area contributed by atoms with E-state index in [4.69, 9.17) is 26.8 Å². The maximum absolute atomic E-state index is 6.21. The second-order valence-electron chi connectivity index (χ2n) is 4.45. The number of halogens is 1. The molecule has 2 aromatic rings. The van der Waals surface area contributed by atoms with Crippen LogP contribution in [-0.4, -0.2) is 20.3 Å². The molecule has 0 unspecified atom stereocenters. The zero-order valence-corrected chi connectivity index (χ0v) is 13.8. The number of allylic oxidation sites excluding steroid dienone is 3. The van der Waals surface area contributed by atoms with Crippen molar-refractivity contribution >= 4 is 22.4 Å². The Hall–Kier alpha value is -1.97. The Morgan fingerprint density at radius 3 is 2.59 bits per heavy atom. The van der Waals surface area contributed by atoms with E-state index >= 15 is 0 Å². The molecule has 0 fully saturated rings. The van der Waals surface area contributed by atoms with E-state index in [1.807, 2.05) is 43.3 Å². The highest BCUT2D eigenvalue weighted by molar-refractivity contribution is 6.37. The lowest BCUT2D eigenvalue weighted by molar-refractivity contribution is 0.294. The van der Waals surface area contributed by atoms with Gasteiger partial charge in [-0.2, -0.15) is 0 Å². The molecule has 0 saturated heterocycles. The number of ether oxygens (including phenoxy) is 2. The molecule has 22 heavy (non-hydrogen) atoms. The molecule has 0 heterocycles. The Morgan fingerprint density at radius 2 is 2.00 bits per heavy atom. The molecule has 3 nitrogen and oxygen atoms in total. The number of nitrogens with two attached hydrogens (primary N) is 1. The summed E-state index contributed by atoms with van der Waals surface area (Å²) in [5.74, 6) is 1.58. The Morgan fingerprint density at radius 1 is 1.27 bits per heavy atom. The topological polar surface area (TPSA) is 44.5 Å². The summed E-state index contributed by atoms with van der Waals surface area (Å²) in [7, 11) is 1.63. The number of methoxy groups -OCH3 is 1. The van der Waals surface area contributed by atoms with Gasteiger partial charge in [-0.05, 0) is 24.5 Å². The van der Waals surface area contributed by atoms with Crippen LogP contribution in [0.25, 0.3) is 10.8 Å². The molecular weight excluding hydrogens is 298 g/mol. The van der Waals surface area contributed by atoms with Gasteiger partial charge in [0, 0.05) is 11.9 Å². The van der Waals surface area contributed by atoms with E-state index in [-0.39, 0.29) is 0 Å². The fourth-order valence-electron chi connectivity index (χ4n) is 1.73. The van der Waals surface area contributed by atoms with Crippen molar-refractivity contribution in [1.82, 2.24) is 0 Å². The number of hydrogen-bond acceptors (Lipinski definition) is 3. The van der Waals surface area contributed by atoms with Gasteiger partial charge >= 0.3 is 0 Å². The Bertz CT molecular complexity index is 638. The van der Waals surface area contributed by atoms with E-state index in [0.717, 1.165) is 16.5 Å². The number of hydrogen-bond donors (Lipinski definition) is 1. The molecule has 2 aromatic carbocycles. The monoisotopic (exact) mass is 319 g/mol. The molecular formula is C18H22ClNO2. The molecule has 4 heteroatoms. The number of rotatable bonds is 5. The minimum absolute atomic E-state index is 0.484. The summed E-state index contributed by atoms with van der Waals surface area (Å²) in [6.07, 6.45) is 3.50. The standard InChI is InChI=1S/C12H12ClNO.C6H10O/c13-12-10-4-2-1-3-9(10)5-6-11(12)15-8-7-14;1-4-5-6(2)7-3/h1-6H,7-8,14H2;4-5H,1H2,2-3H3/b;6-5-. The summed E-state index contributed by atoms with van der Waals surface area (Å²) in [5, 5.41) is 2.78. The van der Waals surface area contributed by atoms with Gasteiger partial charge in [-0.3, -0.25) is 0 Å². The molecule has 0 aliphatic rings. The first-order chi connectivity index (χ1) is 10.6. The smallest absolute Gasteiger partial charge is 0.138 e. The molecule has 0 aromatic heterocycles. The summed E-state index contributed by atoms with van der Waals surface area (Å²) in [6, 6.07) is 11.8. The van der Waals surface area contributed by atoms with Crippen molar-refractivity contribution in [3.63, 3.8) is 0 Å². The van der Waals surface area contributed by atoms with Gasteiger partial charge < -0.3 is 15.2 Å². The molecule has 2 N–H and O–H groups in total. The lowest BCUT2D eigenvalue weighted by atomic mass is 10.1. The fourth-order valence-corrected chi connectivity index (χ4v) is 2.02. The Balaban J connectivity index is 0.000000295. The van der Waals surface area contributed by atoms with Crippen LogP contribution in [0.5, 0.6) is 5.75 Å². The van der Waals surface area contributed by atoms with Crippen LogP contribution in [0.15, 0.2) is 60.9 Å². The molecule has 2 rings (SSSR count). The summed E-state index contributed by atoms with van der Waals surface area (Å²) in [6.45, 7) is 6.34. The molecule has 0 atom stereocenters. The van der Waals surface area contributed by atoms with Crippen molar-refractivity contribution in [2.24, 2.45) is 5.73 Å². The van der Waals surface area contributed by atoms with Crippen LogP contribution < -0.4 is 10.5 Å². The SMILES string of the molecule is C=C/C=C(/C)OC.NCCOc1ccc2ccccc2c1Cl. The van der Waals surface area contributed by atoms with E-state index in [1.54, 1.807) is 19.3 Å². The van der Waals surface area contributed by atoms with Crippen molar-refractivity contribution in [1.29, 1.82) is 0 Å². The second kappa shape index (κ2) is 9.87. The average molecular weight is 320 g/mol. The van der Waals surface area contributed by atoms with Crippen molar-refractivity contribution < 1.29 is 9.47 Å². The first-order valence-corrected chi connectivity index (χ1v) is 7.35. The second-order valence-corrected chi connectivity index (χ2v) is 4.83. The lowest BCUT2D eigenvalue weighted by Gasteiger charge is -2.08. The fraction of sp³-hybridized carbons (Fsp3) is 0.222. The van der Waals surface area contributed by atoms with Crippen LogP contribution in [0.2, 0.25) is 5.02 Å². The Labute approximate surface area is 137 Å². The third-order valence-corrected chi connectivity index (χ3v) is 3.27. The van der Waals surface area contributed by atoms with E-state index < -0.39 is 0 Å². The van der Waals surface area contributed by atoms with Gasteiger partial charge in [0.1, 0.15) is 12.4 Å². The van der Waals surface area contributed by atoms with Gasteiger partial charge in [0.05, 0.1) is 17.9 Å². The van der Waals surface area contributed by atoms with Gasteiger partial charge in [-0.1, -0.05) is 54.6 Å². The van der Waals surface area contributed by atoms with Crippen LogP contribution in [0, 0.1) is 0 Å². The van der Waals surface area contributed by atoms with Crippen LogP contribution >= 0.6 is 11.6 Å². The summed E-state index contributed by atoms with van der Waals surface area (Å²) < 4.78 is 10.2. The molecule has 0 aliphatic heterocycles. The van der Waals surface area contributed by atoms with E-state index in [2.05, 4.69) is 6.58 Å². The Kier molecular flexibility index (Phi) is 8.11. The molecule has 0 aliphatic carbocycles. The normalized spacial score (nSPS) is 10.6. The molecule has 0 radical (unpaired) electrons. The van der Waals surface area contributed by atoms with E-state index in [9.17, 15) is 0 Å². The molecule has 118 valence electrons. The third kappa shape index (κ3) is 5.43. The first-order valence-electron chi connectivity index (χ1n) is 6.97. The highest BCUT2D eigenvalue weighted by Crippen LogP contribution is 2.32. The van der Waals surface area contributed by atoms with Crippen LogP contribution in [0.4, 0.5) is 0 Å². The minimum Gasteiger partial charge on any atom is -0.501 e. The lowest BCUT2D eigenvalue weighted by Crippen LogP contribution is -2.10. The number of benzene rings is 2. The molecule has 0 amide bonds. The zero-order chi connectivity index (χ0) is 16.4. The van der Waals surface area contributed by atoms with E-state index in [1.165, 1.54) is 0 Å². The van der Waals surface area contributed by atoms with Gasteiger partial charge in [0.15, 0.2) is 0 Å². The zero-order valence-electron chi connectivity index (χ0n) is 13.0. The van der Waals surface area contributed by atoms with Gasteiger partial charge in [0.2, 0.25) is 0 Å². The van der Waals surface area contributed by atoms with Crippen molar-refractivity contribution in [3.05, 3.63) is 65.9 Å². The minimum atomic E-state index is 0.484. The maximum atomic E-state index is 6.21. The predicted molar refractivity (Wildman–Crippen MR) is 94.5 cm³/mol.